The van der Waals surface area contributed by atoms with Gasteiger partial charge in [-0.1, -0.05) is 25.4 Å². The summed E-state index contributed by atoms with van der Waals surface area (Å²) >= 11 is 5.86. The Hall–Kier alpha value is -1.22. The first-order chi connectivity index (χ1) is 6.97. The van der Waals surface area contributed by atoms with Gasteiger partial charge < -0.3 is 9.84 Å². The van der Waals surface area contributed by atoms with Gasteiger partial charge in [0.05, 0.1) is 17.7 Å². The van der Waals surface area contributed by atoms with Crippen molar-refractivity contribution in [1.29, 1.82) is 0 Å². The number of methoxy groups -OCH3 is 1. The van der Waals surface area contributed by atoms with Crippen molar-refractivity contribution >= 4 is 17.6 Å². The lowest BCUT2D eigenvalue weighted by Crippen LogP contribution is -2.04. The highest BCUT2D eigenvalue weighted by atomic mass is 35.5. The van der Waals surface area contributed by atoms with Gasteiger partial charge in [0, 0.05) is 0 Å². The van der Waals surface area contributed by atoms with Gasteiger partial charge in [-0.25, -0.2) is 4.79 Å². The molecule has 1 N–H and O–H groups in total. The average molecular weight is 229 g/mol. The molecule has 0 saturated carbocycles. The molecule has 0 aliphatic carbocycles. The molecule has 0 atom stereocenters. The summed E-state index contributed by atoms with van der Waals surface area (Å²) in [5, 5.41) is 9.32. The number of hydrogen-bond acceptors (Lipinski definition) is 2. The molecule has 0 saturated heterocycles. The first-order valence-corrected chi connectivity index (χ1v) is 4.96. The maximum absolute atomic E-state index is 11.0. The topological polar surface area (TPSA) is 46.5 Å². The van der Waals surface area contributed by atoms with E-state index in [0.717, 1.165) is 5.56 Å². The standard InChI is InChI=1S/C11H13ClO3/c1-6(2)7-5-10(15-3)9(12)4-8(7)11(13)14/h4-6H,1-3H3,(H,13,14). The molecular formula is C11H13ClO3. The van der Waals surface area contributed by atoms with Crippen LogP contribution in [0.15, 0.2) is 12.1 Å². The normalized spacial score (nSPS) is 10.5. The highest BCUT2D eigenvalue weighted by Gasteiger charge is 2.16. The van der Waals surface area contributed by atoms with Gasteiger partial charge in [0.15, 0.2) is 0 Å². The Labute approximate surface area is 93.6 Å². The molecule has 0 fully saturated rings. The zero-order chi connectivity index (χ0) is 11.6. The van der Waals surface area contributed by atoms with Crippen molar-refractivity contribution in [2.24, 2.45) is 0 Å². The Morgan fingerprint density at radius 1 is 1.47 bits per heavy atom. The number of carbonyl (C=O) groups is 1. The van der Waals surface area contributed by atoms with Crippen LogP contribution in [0.2, 0.25) is 5.02 Å². The minimum Gasteiger partial charge on any atom is -0.495 e. The molecule has 0 radical (unpaired) electrons. The number of benzene rings is 1. The van der Waals surface area contributed by atoms with E-state index in [9.17, 15) is 4.79 Å². The Morgan fingerprint density at radius 3 is 2.47 bits per heavy atom. The Balaban J connectivity index is 3.38. The minimum absolute atomic E-state index is 0.113. The Kier molecular flexibility index (Phi) is 3.58. The first-order valence-electron chi connectivity index (χ1n) is 4.58. The predicted octanol–water partition coefficient (Wildman–Crippen LogP) is 3.17. The number of aromatic carboxylic acids is 1. The van der Waals surface area contributed by atoms with E-state index in [4.69, 9.17) is 21.4 Å². The molecule has 15 heavy (non-hydrogen) atoms. The number of ether oxygens (including phenoxy) is 1. The Morgan fingerprint density at radius 2 is 2.07 bits per heavy atom. The van der Waals surface area contributed by atoms with E-state index in [0.29, 0.717) is 10.8 Å². The first kappa shape index (κ1) is 11.9. The molecule has 0 aromatic heterocycles. The summed E-state index contributed by atoms with van der Waals surface area (Å²) in [5.41, 5.74) is 0.958. The molecule has 1 aromatic rings. The summed E-state index contributed by atoms with van der Waals surface area (Å²) in [6.45, 7) is 3.85. The van der Waals surface area contributed by atoms with Gasteiger partial charge in [-0.05, 0) is 23.6 Å². The van der Waals surface area contributed by atoms with Gasteiger partial charge in [0.1, 0.15) is 5.75 Å². The minimum atomic E-state index is -0.969. The van der Waals surface area contributed by atoms with Crippen LogP contribution in [0.3, 0.4) is 0 Å². The maximum atomic E-state index is 11.0. The lowest BCUT2D eigenvalue weighted by Gasteiger charge is -2.12. The molecule has 0 aliphatic rings. The molecule has 0 amide bonds. The van der Waals surface area contributed by atoms with Crippen LogP contribution < -0.4 is 4.74 Å². The summed E-state index contributed by atoms with van der Waals surface area (Å²) in [6.07, 6.45) is 0. The van der Waals surface area contributed by atoms with Gasteiger partial charge >= 0.3 is 5.97 Å². The van der Waals surface area contributed by atoms with E-state index in [1.165, 1.54) is 13.2 Å². The van der Waals surface area contributed by atoms with Crippen LogP contribution in [-0.2, 0) is 0 Å². The van der Waals surface area contributed by atoms with Gasteiger partial charge in [0.25, 0.3) is 0 Å². The lowest BCUT2D eigenvalue weighted by atomic mass is 9.97. The summed E-state index contributed by atoms with van der Waals surface area (Å²) in [4.78, 5) is 11.0. The summed E-state index contributed by atoms with van der Waals surface area (Å²) in [6, 6.07) is 3.11. The van der Waals surface area contributed by atoms with Crippen LogP contribution in [0.25, 0.3) is 0 Å². The molecule has 1 aromatic carbocycles. The molecule has 0 unspecified atom stereocenters. The fraction of sp³-hybridized carbons (Fsp3) is 0.364. The van der Waals surface area contributed by atoms with E-state index in [2.05, 4.69) is 0 Å². The molecule has 1 rings (SSSR count). The van der Waals surface area contributed by atoms with E-state index >= 15 is 0 Å². The monoisotopic (exact) mass is 228 g/mol. The van der Waals surface area contributed by atoms with Crippen LogP contribution in [0.4, 0.5) is 0 Å². The number of carboxylic acids is 1. The second-order valence-corrected chi connectivity index (χ2v) is 3.94. The zero-order valence-corrected chi connectivity index (χ0v) is 9.63. The molecule has 0 heterocycles. The van der Waals surface area contributed by atoms with Crippen LogP contribution in [0.5, 0.6) is 5.75 Å². The Bertz CT molecular complexity index is 386. The quantitative estimate of drug-likeness (QED) is 0.865. The lowest BCUT2D eigenvalue weighted by molar-refractivity contribution is 0.0695. The fourth-order valence-corrected chi connectivity index (χ4v) is 1.63. The van der Waals surface area contributed by atoms with Crippen LogP contribution in [-0.4, -0.2) is 18.2 Å². The third-order valence-corrected chi connectivity index (χ3v) is 2.47. The fourth-order valence-electron chi connectivity index (χ4n) is 1.39. The number of rotatable bonds is 3. The van der Waals surface area contributed by atoms with Crippen molar-refractivity contribution in [1.82, 2.24) is 0 Å². The zero-order valence-electron chi connectivity index (χ0n) is 8.87. The summed E-state index contributed by atoms with van der Waals surface area (Å²) in [7, 11) is 1.51. The molecule has 0 aliphatic heterocycles. The van der Waals surface area contributed by atoms with E-state index in [1.807, 2.05) is 13.8 Å². The second kappa shape index (κ2) is 4.53. The van der Waals surface area contributed by atoms with Crippen molar-refractivity contribution in [3.8, 4) is 5.75 Å². The third kappa shape index (κ3) is 2.42. The van der Waals surface area contributed by atoms with E-state index in [1.54, 1.807) is 6.07 Å². The maximum Gasteiger partial charge on any atom is 0.336 e. The molecule has 0 bridgehead atoms. The second-order valence-electron chi connectivity index (χ2n) is 3.53. The highest BCUT2D eigenvalue weighted by molar-refractivity contribution is 6.32. The average Bonchev–Trinajstić information content (AvgIpc) is 2.16. The molecule has 0 spiro atoms. The SMILES string of the molecule is COc1cc(C(C)C)c(C(=O)O)cc1Cl. The van der Waals surface area contributed by atoms with Crippen molar-refractivity contribution in [3.05, 3.63) is 28.3 Å². The predicted molar refractivity (Wildman–Crippen MR) is 59.1 cm³/mol. The largest absolute Gasteiger partial charge is 0.495 e. The van der Waals surface area contributed by atoms with Crippen molar-refractivity contribution in [2.75, 3.05) is 7.11 Å². The van der Waals surface area contributed by atoms with Gasteiger partial charge in [0.2, 0.25) is 0 Å². The number of hydrogen-bond donors (Lipinski definition) is 1. The number of carboxylic acid groups (broad SMARTS) is 1. The van der Waals surface area contributed by atoms with Crippen LogP contribution in [0, 0.1) is 0 Å². The van der Waals surface area contributed by atoms with Crippen LogP contribution in [0.1, 0.15) is 35.7 Å². The molecular weight excluding hydrogens is 216 g/mol. The third-order valence-electron chi connectivity index (χ3n) is 2.18. The molecule has 82 valence electrons. The number of halogens is 1. The van der Waals surface area contributed by atoms with E-state index < -0.39 is 5.97 Å². The molecule has 3 nitrogen and oxygen atoms in total. The van der Waals surface area contributed by atoms with E-state index in [-0.39, 0.29) is 11.5 Å². The summed E-state index contributed by atoms with van der Waals surface area (Å²) < 4.78 is 5.05. The van der Waals surface area contributed by atoms with Gasteiger partial charge in [-0.3, -0.25) is 0 Å². The van der Waals surface area contributed by atoms with Crippen LogP contribution >= 0.6 is 11.6 Å². The van der Waals surface area contributed by atoms with Crippen molar-refractivity contribution < 1.29 is 14.6 Å². The van der Waals surface area contributed by atoms with Crippen molar-refractivity contribution in [2.45, 2.75) is 19.8 Å². The van der Waals surface area contributed by atoms with Gasteiger partial charge in [-0.15, -0.1) is 0 Å². The van der Waals surface area contributed by atoms with Crippen molar-refractivity contribution in [3.63, 3.8) is 0 Å². The highest BCUT2D eigenvalue weighted by Crippen LogP contribution is 2.31. The molecule has 4 heteroatoms. The smallest absolute Gasteiger partial charge is 0.336 e. The van der Waals surface area contributed by atoms with Gasteiger partial charge in [-0.2, -0.15) is 0 Å². The summed E-state index contributed by atoms with van der Waals surface area (Å²) in [5.74, 6) is -0.351.